The van der Waals surface area contributed by atoms with E-state index >= 15 is 0 Å². The zero-order valence-electron chi connectivity index (χ0n) is 8.78. The molecule has 0 saturated heterocycles. The molecule has 0 bridgehead atoms. The van der Waals surface area contributed by atoms with Gasteiger partial charge in [-0.25, -0.2) is 0 Å². The fourth-order valence-corrected chi connectivity index (χ4v) is 1.63. The van der Waals surface area contributed by atoms with Gasteiger partial charge < -0.3 is 5.11 Å². The van der Waals surface area contributed by atoms with E-state index in [0.717, 1.165) is 11.1 Å². The molecule has 0 aliphatic carbocycles. The summed E-state index contributed by atoms with van der Waals surface area (Å²) in [7, 11) is 0. The molecule has 4 nitrogen and oxygen atoms in total. The van der Waals surface area contributed by atoms with Crippen LogP contribution in [0, 0.1) is 6.92 Å². The number of hydrogen-bond acceptors (Lipinski definition) is 3. The smallest absolute Gasteiger partial charge is 0.254 e. The van der Waals surface area contributed by atoms with Crippen molar-refractivity contribution in [1.29, 1.82) is 0 Å². The van der Waals surface area contributed by atoms with Crippen LogP contribution in [-0.4, -0.2) is 16.9 Å². The highest BCUT2D eigenvalue weighted by Gasteiger charge is 2.20. The number of phenolic OH excluding ortho intramolecular Hbond substituents is 1. The summed E-state index contributed by atoms with van der Waals surface area (Å²) in [5, 5.41) is 11.5. The first kappa shape index (κ1) is 10.4. The SMILES string of the molecule is Cc1cc(CC2=CC(=O)NC2=O)ccc1O. The van der Waals surface area contributed by atoms with Gasteiger partial charge >= 0.3 is 0 Å². The maximum Gasteiger partial charge on any atom is 0.254 e. The average molecular weight is 217 g/mol. The Morgan fingerprint density at radius 3 is 2.62 bits per heavy atom. The summed E-state index contributed by atoms with van der Waals surface area (Å²) >= 11 is 0. The minimum atomic E-state index is -0.365. The van der Waals surface area contributed by atoms with Crippen LogP contribution in [0.1, 0.15) is 11.1 Å². The third-order valence-electron chi connectivity index (χ3n) is 2.49. The van der Waals surface area contributed by atoms with Gasteiger partial charge in [0.15, 0.2) is 0 Å². The Labute approximate surface area is 92.6 Å². The van der Waals surface area contributed by atoms with Gasteiger partial charge in [-0.05, 0) is 24.1 Å². The lowest BCUT2D eigenvalue weighted by Crippen LogP contribution is -2.22. The topological polar surface area (TPSA) is 66.4 Å². The molecule has 16 heavy (non-hydrogen) atoms. The lowest BCUT2D eigenvalue weighted by Gasteiger charge is -2.03. The first-order chi connectivity index (χ1) is 7.56. The van der Waals surface area contributed by atoms with Gasteiger partial charge in [-0.2, -0.15) is 0 Å². The number of carbonyl (C=O) groups excluding carboxylic acids is 2. The molecule has 4 heteroatoms. The van der Waals surface area contributed by atoms with Crippen molar-refractivity contribution in [3.05, 3.63) is 41.0 Å². The van der Waals surface area contributed by atoms with E-state index in [2.05, 4.69) is 5.32 Å². The van der Waals surface area contributed by atoms with E-state index in [1.54, 1.807) is 25.1 Å². The molecule has 1 aliphatic heterocycles. The lowest BCUT2D eigenvalue weighted by molar-refractivity contribution is -0.123. The number of hydrogen-bond donors (Lipinski definition) is 2. The molecule has 2 amide bonds. The standard InChI is InChI=1S/C12H11NO3/c1-7-4-8(2-3-10(7)14)5-9-6-11(15)13-12(9)16/h2-4,6,14H,5H2,1H3,(H,13,15,16). The molecule has 2 rings (SSSR count). The molecule has 0 aromatic heterocycles. The highest BCUT2D eigenvalue weighted by Crippen LogP contribution is 2.19. The molecule has 1 aromatic rings. The van der Waals surface area contributed by atoms with Gasteiger partial charge in [0.2, 0.25) is 0 Å². The van der Waals surface area contributed by atoms with Crippen molar-refractivity contribution in [2.24, 2.45) is 0 Å². The van der Waals surface area contributed by atoms with Crippen LogP contribution in [0.5, 0.6) is 5.75 Å². The lowest BCUT2D eigenvalue weighted by atomic mass is 10.0. The summed E-state index contributed by atoms with van der Waals surface area (Å²) in [5.74, 6) is -0.476. The maximum absolute atomic E-state index is 11.3. The first-order valence-corrected chi connectivity index (χ1v) is 4.90. The van der Waals surface area contributed by atoms with Gasteiger partial charge in [-0.1, -0.05) is 12.1 Å². The molecule has 1 aliphatic rings. The Morgan fingerprint density at radius 1 is 1.31 bits per heavy atom. The number of rotatable bonds is 2. The van der Waals surface area contributed by atoms with E-state index in [4.69, 9.17) is 0 Å². The molecule has 0 spiro atoms. The Kier molecular flexibility index (Phi) is 2.48. The second kappa shape index (κ2) is 3.81. The summed E-state index contributed by atoms with van der Waals surface area (Å²) in [5.41, 5.74) is 2.10. The van der Waals surface area contributed by atoms with Gasteiger partial charge in [0.05, 0.1) is 0 Å². The fourth-order valence-electron chi connectivity index (χ4n) is 1.63. The van der Waals surface area contributed by atoms with Crippen LogP contribution < -0.4 is 5.32 Å². The van der Waals surface area contributed by atoms with Crippen LogP contribution in [0.2, 0.25) is 0 Å². The molecule has 82 valence electrons. The number of aromatic hydroxyl groups is 1. The zero-order chi connectivity index (χ0) is 11.7. The summed E-state index contributed by atoms with van der Waals surface area (Å²) in [6, 6.07) is 5.12. The number of carbonyl (C=O) groups is 2. The quantitative estimate of drug-likeness (QED) is 0.721. The van der Waals surface area contributed by atoms with Crippen molar-refractivity contribution in [3.63, 3.8) is 0 Å². The number of phenols is 1. The second-order valence-electron chi connectivity index (χ2n) is 3.79. The van der Waals surface area contributed by atoms with Gasteiger partial charge in [-0.15, -0.1) is 0 Å². The van der Waals surface area contributed by atoms with Crippen LogP contribution in [0.3, 0.4) is 0 Å². The first-order valence-electron chi connectivity index (χ1n) is 4.90. The van der Waals surface area contributed by atoms with Crippen molar-refractivity contribution >= 4 is 11.8 Å². The molecule has 0 saturated carbocycles. The van der Waals surface area contributed by atoms with E-state index in [0.29, 0.717) is 12.0 Å². The third-order valence-corrected chi connectivity index (χ3v) is 2.49. The molecule has 2 N–H and O–H groups in total. The Balaban J connectivity index is 2.21. The predicted octanol–water partition coefficient (Wildman–Crippen LogP) is 0.826. The fraction of sp³-hybridized carbons (Fsp3) is 0.167. The molecule has 1 aromatic carbocycles. The minimum Gasteiger partial charge on any atom is -0.508 e. The summed E-state index contributed by atoms with van der Waals surface area (Å²) in [6.45, 7) is 1.78. The normalized spacial score (nSPS) is 14.9. The monoisotopic (exact) mass is 217 g/mol. The van der Waals surface area contributed by atoms with E-state index in [9.17, 15) is 14.7 Å². The molecular weight excluding hydrogens is 206 g/mol. The molecule has 0 fully saturated rings. The Hall–Kier alpha value is -2.10. The summed E-state index contributed by atoms with van der Waals surface area (Å²) in [4.78, 5) is 22.2. The average Bonchev–Trinajstić information content (AvgIpc) is 2.51. The Bertz CT molecular complexity index is 503. The highest BCUT2D eigenvalue weighted by molar-refractivity contribution is 6.16. The Morgan fingerprint density at radius 2 is 2.06 bits per heavy atom. The minimum absolute atomic E-state index is 0.227. The van der Waals surface area contributed by atoms with Crippen LogP contribution in [0.4, 0.5) is 0 Å². The molecule has 0 unspecified atom stereocenters. The maximum atomic E-state index is 11.3. The summed E-state index contributed by atoms with van der Waals surface area (Å²) in [6.07, 6.45) is 1.71. The van der Waals surface area contributed by atoms with Crippen LogP contribution in [-0.2, 0) is 16.0 Å². The second-order valence-corrected chi connectivity index (χ2v) is 3.79. The van der Waals surface area contributed by atoms with Gasteiger partial charge in [0.25, 0.3) is 11.8 Å². The van der Waals surface area contributed by atoms with Crippen LogP contribution in [0.25, 0.3) is 0 Å². The van der Waals surface area contributed by atoms with Crippen LogP contribution >= 0.6 is 0 Å². The molecule has 0 radical (unpaired) electrons. The number of nitrogens with one attached hydrogen (secondary N) is 1. The van der Waals surface area contributed by atoms with E-state index in [1.807, 2.05) is 0 Å². The van der Waals surface area contributed by atoms with Crippen LogP contribution in [0.15, 0.2) is 29.8 Å². The van der Waals surface area contributed by atoms with Crippen molar-refractivity contribution in [3.8, 4) is 5.75 Å². The van der Waals surface area contributed by atoms with Crippen molar-refractivity contribution in [2.75, 3.05) is 0 Å². The third kappa shape index (κ3) is 1.95. The summed E-state index contributed by atoms with van der Waals surface area (Å²) < 4.78 is 0. The van der Waals surface area contributed by atoms with Crippen molar-refractivity contribution in [2.45, 2.75) is 13.3 Å². The number of imide groups is 1. The number of benzene rings is 1. The molecule has 0 atom stereocenters. The number of amides is 2. The van der Waals surface area contributed by atoms with E-state index in [1.165, 1.54) is 6.08 Å². The predicted molar refractivity (Wildman–Crippen MR) is 57.8 cm³/mol. The van der Waals surface area contributed by atoms with E-state index in [-0.39, 0.29) is 17.6 Å². The highest BCUT2D eigenvalue weighted by atomic mass is 16.3. The molecule has 1 heterocycles. The van der Waals surface area contributed by atoms with Crippen molar-refractivity contribution < 1.29 is 14.7 Å². The largest absolute Gasteiger partial charge is 0.508 e. The molecular formula is C12H11NO3. The van der Waals surface area contributed by atoms with Crippen molar-refractivity contribution in [1.82, 2.24) is 5.32 Å². The van der Waals surface area contributed by atoms with E-state index < -0.39 is 0 Å². The number of aryl methyl sites for hydroxylation is 1. The zero-order valence-corrected chi connectivity index (χ0v) is 8.78. The van der Waals surface area contributed by atoms with Gasteiger partial charge in [0.1, 0.15) is 5.75 Å². The van der Waals surface area contributed by atoms with Gasteiger partial charge in [0, 0.05) is 18.1 Å². The van der Waals surface area contributed by atoms with Gasteiger partial charge in [-0.3, -0.25) is 14.9 Å².